The highest BCUT2D eigenvalue weighted by Crippen LogP contribution is 2.28. The van der Waals surface area contributed by atoms with Crippen molar-refractivity contribution in [1.82, 2.24) is 4.98 Å². The third-order valence-electron chi connectivity index (χ3n) is 3.44. The number of carbonyl (C=O) groups is 1. The molecule has 1 aromatic heterocycles. The van der Waals surface area contributed by atoms with Crippen molar-refractivity contribution in [3.05, 3.63) is 94.2 Å². The number of anilines is 2. The molecule has 24 heavy (non-hydrogen) atoms. The highest BCUT2D eigenvalue weighted by molar-refractivity contribution is 6.12. The van der Waals surface area contributed by atoms with Crippen molar-refractivity contribution in [3.63, 3.8) is 0 Å². The second kappa shape index (κ2) is 6.70. The van der Waals surface area contributed by atoms with Gasteiger partial charge in [0, 0.05) is 16.8 Å². The van der Waals surface area contributed by atoms with Crippen molar-refractivity contribution in [3.8, 4) is 0 Å². The minimum absolute atomic E-state index is 0.162. The number of hydrogen-bond donors (Lipinski definition) is 1. The van der Waals surface area contributed by atoms with Gasteiger partial charge in [0.2, 0.25) is 0 Å². The molecular formula is C18H13N3O3. The van der Waals surface area contributed by atoms with Crippen LogP contribution in [0.4, 0.5) is 17.2 Å². The number of para-hydroxylation sites is 1. The molecule has 0 amide bonds. The maximum absolute atomic E-state index is 12.7. The summed E-state index contributed by atoms with van der Waals surface area (Å²) in [5, 5.41) is 14.0. The van der Waals surface area contributed by atoms with Gasteiger partial charge in [-0.1, -0.05) is 42.5 Å². The molecule has 0 aliphatic heterocycles. The summed E-state index contributed by atoms with van der Waals surface area (Å²) in [7, 11) is 0. The Kier molecular flexibility index (Phi) is 4.29. The molecule has 0 saturated heterocycles. The van der Waals surface area contributed by atoms with Gasteiger partial charge in [-0.3, -0.25) is 4.79 Å². The molecule has 0 aliphatic rings. The Labute approximate surface area is 137 Å². The number of hydrogen-bond acceptors (Lipinski definition) is 5. The van der Waals surface area contributed by atoms with Crippen LogP contribution in [0.1, 0.15) is 15.9 Å². The maximum Gasteiger partial charge on any atom is 0.387 e. The van der Waals surface area contributed by atoms with Crippen LogP contribution in [0.25, 0.3) is 0 Å². The molecule has 3 aromatic rings. The fourth-order valence-corrected chi connectivity index (χ4v) is 2.32. The van der Waals surface area contributed by atoms with E-state index in [0.29, 0.717) is 16.8 Å². The van der Waals surface area contributed by atoms with Gasteiger partial charge in [0.15, 0.2) is 5.78 Å². The number of nitro groups is 1. The number of nitrogens with zero attached hydrogens (tertiary/aromatic N) is 2. The van der Waals surface area contributed by atoms with Crippen LogP contribution in [0, 0.1) is 10.1 Å². The summed E-state index contributed by atoms with van der Waals surface area (Å²) in [6.07, 6.45) is 1.35. The van der Waals surface area contributed by atoms with Gasteiger partial charge < -0.3 is 15.4 Å². The summed E-state index contributed by atoms with van der Waals surface area (Å²) in [6.45, 7) is 0. The van der Waals surface area contributed by atoms with Crippen LogP contribution in [0.15, 0.2) is 72.9 Å². The van der Waals surface area contributed by atoms with Gasteiger partial charge in [0.05, 0.1) is 0 Å². The first-order valence-electron chi connectivity index (χ1n) is 7.22. The Hall–Kier alpha value is -3.54. The average molecular weight is 319 g/mol. The molecule has 0 atom stereocenters. The molecule has 0 saturated carbocycles. The van der Waals surface area contributed by atoms with Crippen LogP contribution in [0.3, 0.4) is 0 Å². The zero-order valence-corrected chi connectivity index (χ0v) is 12.5. The minimum atomic E-state index is -0.566. The van der Waals surface area contributed by atoms with Gasteiger partial charge in [0.25, 0.3) is 0 Å². The van der Waals surface area contributed by atoms with Crippen molar-refractivity contribution in [2.75, 3.05) is 5.32 Å². The summed E-state index contributed by atoms with van der Waals surface area (Å²) in [6, 6.07) is 18.9. The van der Waals surface area contributed by atoms with Crippen LogP contribution < -0.4 is 5.32 Å². The molecule has 0 unspecified atom stereocenters. The first kappa shape index (κ1) is 15.4. The van der Waals surface area contributed by atoms with Crippen LogP contribution in [-0.2, 0) is 0 Å². The Morgan fingerprint density at radius 1 is 0.917 bits per heavy atom. The molecule has 1 N–H and O–H groups in total. The Bertz CT molecular complexity index is 895. The lowest BCUT2D eigenvalue weighted by atomic mass is 10.0. The fraction of sp³-hybridized carbons (Fsp3) is 0. The Morgan fingerprint density at radius 3 is 2.33 bits per heavy atom. The average Bonchev–Trinajstić information content (AvgIpc) is 2.62. The smallest absolute Gasteiger partial charge is 0.358 e. The molecule has 0 radical (unpaired) electrons. The molecule has 0 aliphatic carbocycles. The number of rotatable bonds is 5. The quantitative estimate of drug-likeness (QED) is 0.437. The minimum Gasteiger partial charge on any atom is -0.358 e. The van der Waals surface area contributed by atoms with Gasteiger partial charge in [-0.2, -0.15) is 0 Å². The number of nitrogens with one attached hydrogen (secondary N) is 1. The van der Waals surface area contributed by atoms with Crippen LogP contribution in [0.5, 0.6) is 0 Å². The standard InChI is InChI=1S/C18H13N3O3/c22-17(13-7-2-1-3-8-13)14-9-4-5-10-15(14)20-16-11-6-12-19-18(16)21(23)24/h1-12,20H. The molecule has 3 rings (SSSR count). The zero-order chi connectivity index (χ0) is 16.9. The zero-order valence-electron chi connectivity index (χ0n) is 12.5. The fourth-order valence-electron chi connectivity index (χ4n) is 2.32. The lowest BCUT2D eigenvalue weighted by molar-refractivity contribution is -0.388. The van der Waals surface area contributed by atoms with Gasteiger partial charge in [-0.05, 0) is 34.2 Å². The van der Waals surface area contributed by atoms with E-state index in [0.717, 1.165) is 0 Å². The van der Waals surface area contributed by atoms with Crippen LogP contribution in [0.2, 0.25) is 0 Å². The van der Waals surface area contributed by atoms with Gasteiger partial charge in [-0.25, -0.2) is 0 Å². The van der Waals surface area contributed by atoms with Crippen molar-refractivity contribution >= 4 is 23.0 Å². The third kappa shape index (κ3) is 3.12. The normalized spacial score (nSPS) is 10.2. The summed E-state index contributed by atoms with van der Waals surface area (Å²) in [4.78, 5) is 27.0. The van der Waals surface area contributed by atoms with Crippen molar-refractivity contribution in [1.29, 1.82) is 0 Å². The van der Waals surface area contributed by atoms with E-state index in [2.05, 4.69) is 10.3 Å². The molecule has 1 heterocycles. The molecule has 2 aromatic carbocycles. The van der Waals surface area contributed by atoms with E-state index < -0.39 is 4.92 Å². The highest BCUT2D eigenvalue weighted by atomic mass is 16.6. The maximum atomic E-state index is 12.7. The largest absolute Gasteiger partial charge is 0.387 e. The highest BCUT2D eigenvalue weighted by Gasteiger charge is 2.18. The van der Waals surface area contributed by atoms with Crippen molar-refractivity contribution in [2.24, 2.45) is 0 Å². The van der Waals surface area contributed by atoms with E-state index in [1.165, 1.54) is 6.20 Å². The van der Waals surface area contributed by atoms with E-state index in [4.69, 9.17) is 0 Å². The molecule has 0 bridgehead atoms. The lowest BCUT2D eigenvalue weighted by Gasteiger charge is -2.11. The lowest BCUT2D eigenvalue weighted by Crippen LogP contribution is -2.06. The topological polar surface area (TPSA) is 85.1 Å². The van der Waals surface area contributed by atoms with Crippen LogP contribution in [-0.4, -0.2) is 15.7 Å². The monoisotopic (exact) mass is 319 g/mol. The number of ketones is 1. The van der Waals surface area contributed by atoms with Crippen LogP contribution >= 0.6 is 0 Å². The predicted octanol–water partition coefficient (Wildman–Crippen LogP) is 3.96. The summed E-state index contributed by atoms with van der Waals surface area (Å²) < 4.78 is 0. The van der Waals surface area contributed by atoms with E-state index in [1.54, 1.807) is 60.7 Å². The third-order valence-corrected chi connectivity index (χ3v) is 3.44. The molecule has 0 fully saturated rings. The first-order chi connectivity index (χ1) is 11.7. The number of pyridine rings is 1. The molecular weight excluding hydrogens is 306 g/mol. The van der Waals surface area contributed by atoms with E-state index in [9.17, 15) is 14.9 Å². The molecule has 6 heteroatoms. The molecule has 6 nitrogen and oxygen atoms in total. The Morgan fingerprint density at radius 2 is 1.58 bits per heavy atom. The first-order valence-corrected chi connectivity index (χ1v) is 7.22. The van der Waals surface area contributed by atoms with Gasteiger partial charge >= 0.3 is 5.82 Å². The van der Waals surface area contributed by atoms with E-state index in [1.807, 2.05) is 6.07 Å². The summed E-state index contributed by atoms with van der Waals surface area (Å²) in [5.41, 5.74) is 1.70. The summed E-state index contributed by atoms with van der Waals surface area (Å²) in [5.74, 6) is -0.454. The number of benzene rings is 2. The number of carbonyl (C=O) groups excluding carboxylic acids is 1. The van der Waals surface area contributed by atoms with Gasteiger partial charge in [0.1, 0.15) is 11.9 Å². The van der Waals surface area contributed by atoms with E-state index in [-0.39, 0.29) is 17.3 Å². The molecule has 118 valence electrons. The Balaban J connectivity index is 1.99. The predicted molar refractivity (Wildman–Crippen MR) is 90.5 cm³/mol. The number of aromatic nitrogens is 1. The van der Waals surface area contributed by atoms with Gasteiger partial charge in [-0.15, -0.1) is 0 Å². The summed E-state index contributed by atoms with van der Waals surface area (Å²) >= 11 is 0. The second-order valence-corrected chi connectivity index (χ2v) is 5.00. The van der Waals surface area contributed by atoms with Crippen molar-refractivity contribution < 1.29 is 9.72 Å². The van der Waals surface area contributed by atoms with Crippen molar-refractivity contribution in [2.45, 2.75) is 0 Å². The van der Waals surface area contributed by atoms with E-state index >= 15 is 0 Å². The second-order valence-electron chi connectivity index (χ2n) is 5.00. The molecule has 0 spiro atoms. The SMILES string of the molecule is O=C(c1ccccc1)c1ccccc1Nc1cccnc1[N+](=O)[O-].